The summed E-state index contributed by atoms with van der Waals surface area (Å²) >= 11 is 0.768. The van der Waals surface area contributed by atoms with Crippen LogP contribution in [0, 0.1) is 22.0 Å². The number of hydrogen-bond donors (Lipinski definition) is 0. The summed E-state index contributed by atoms with van der Waals surface area (Å²) in [6, 6.07) is 10.2. The van der Waals surface area contributed by atoms with E-state index in [2.05, 4.69) is 16.8 Å². The van der Waals surface area contributed by atoms with E-state index in [0.29, 0.717) is 12.1 Å². The largest absolute Gasteiger partial charge is 0.416 e. The Kier molecular flexibility index (Phi) is 5.52. The van der Waals surface area contributed by atoms with E-state index in [1.165, 1.54) is 4.90 Å². The van der Waals surface area contributed by atoms with Crippen molar-refractivity contribution in [2.45, 2.75) is 6.18 Å². The summed E-state index contributed by atoms with van der Waals surface area (Å²) in [4.78, 5) is 27.9. The predicted octanol–water partition coefficient (Wildman–Crippen LogP) is 4.07. The lowest BCUT2D eigenvalue weighted by molar-refractivity contribution is -0.383. The van der Waals surface area contributed by atoms with E-state index in [0.717, 1.165) is 16.9 Å². The first-order chi connectivity index (χ1) is 13.7. The second kappa shape index (κ2) is 7.89. The van der Waals surface area contributed by atoms with Gasteiger partial charge in [0.2, 0.25) is 0 Å². The number of halogens is 3. The summed E-state index contributed by atoms with van der Waals surface area (Å²) in [5, 5.41) is 11.0. The normalized spacial score (nSPS) is 11.0. The van der Waals surface area contributed by atoms with Gasteiger partial charge < -0.3 is 4.90 Å². The van der Waals surface area contributed by atoms with Gasteiger partial charge in [0, 0.05) is 18.7 Å². The summed E-state index contributed by atoms with van der Waals surface area (Å²) < 4.78 is 38.9. The van der Waals surface area contributed by atoms with Crippen molar-refractivity contribution in [1.29, 1.82) is 0 Å². The molecule has 10 heteroatoms. The van der Waals surface area contributed by atoms with Gasteiger partial charge in [0.15, 0.2) is 5.13 Å². The monoisotopic (exact) mass is 419 g/mol. The number of nitrogens with zero attached hydrogens (tertiary/aromatic N) is 3. The Hall–Kier alpha value is -3.45. The molecule has 0 atom stereocenters. The highest BCUT2D eigenvalue weighted by atomic mass is 32.1. The van der Waals surface area contributed by atoms with Gasteiger partial charge >= 0.3 is 6.18 Å². The van der Waals surface area contributed by atoms with Crippen LogP contribution in [0.25, 0.3) is 10.1 Å². The van der Waals surface area contributed by atoms with Gasteiger partial charge in [-0.15, -0.1) is 0 Å². The number of benzene rings is 2. The molecule has 0 aliphatic carbocycles. The highest BCUT2D eigenvalue weighted by Gasteiger charge is 2.34. The maximum atomic E-state index is 13.0. The molecule has 2 aromatic carbocycles. The van der Waals surface area contributed by atoms with Gasteiger partial charge in [-0.3, -0.25) is 14.9 Å². The van der Waals surface area contributed by atoms with Crippen molar-refractivity contribution in [3.63, 3.8) is 0 Å². The Balaban J connectivity index is 2.02. The SMILES string of the molecule is CN(CC#Cc1ccccc1)c1nc(=O)c2cc(C(F)(F)F)cc([N+](=O)[O-])c2s1. The fourth-order valence-corrected chi connectivity index (χ4v) is 3.48. The van der Waals surface area contributed by atoms with Crippen molar-refractivity contribution < 1.29 is 18.1 Å². The molecule has 0 fully saturated rings. The Labute approximate surface area is 166 Å². The van der Waals surface area contributed by atoms with Gasteiger partial charge in [0.1, 0.15) is 4.70 Å². The fourth-order valence-electron chi connectivity index (χ4n) is 2.45. The minimum atomic E-state index is -4.82. The van der Waals surface area contributed by atoms with Crippen molar-refractivity contribution in [1.82, 2.24) is 4.98 Å². The van der Waals surface area contributed by atoms with E-state index in [1.54, 1.807) is 7.05 Å². The first-order valence-corrected chi connectivity index (χ1v) is 8.94. The Morgan fingerprint density at radius 3 is 2.55 bits per heavy atom. The molecule has 1 aromatic heterocycles. The molecule has 0 bridgehead atoms. The van der Waals surface area contributed by atoms with Gasteiger partial charge in [-0.1, -0.05) is 41.4 Å². The molecule has 0 radical (unpaired) electrons. The molecule has 1 heterocycles. The third-order valence-corrected chi connectivity index (χ3v) is 5.08. The molecule has 0 spiro atoms. The van der Waals surface area contributed by atoms with Crippen molar-refractivity contribution >= 4 is 32.2 Å². The average molecular weight is 419 g/mol. The molecule has 0 saturated carbocycles. The minimum absolute atomic E-state index is 0.118. The second-order valence-corrected chi connectivity index (χ2v) is 6.93. The van der Waals surface area contributed by atoms with Crippen LogP contribution in [0.2, 0.25) is 0 Å². The lowest BCUT2D eigenvalue weighted by Crippen LogP contribution is -2.21. The van der Waals surface area contributed by atoms with Gasteiger partial charge in [-0.2, -0.15) is 18.2 Å². The van der Waals surface area contributed by atoms with Crippen LogP contribution < -0.4 is 10.5 Å². The molecular weight excluding hydrogens is 407 g/mol. The fraction of sp³-hybridized carbons (Fsp3) is 0.158. The van der Waals surface area contributed by atoms with Crippen LogP contribution in [0.1, 0.15) is 11.1 Å². The van der Waals surface area contributed by atoms with Gasteiger partial charge in [-0.05, 0) is 18.2 Å². The van der Waals surface area contributed by atoms with Crippen LogP contribution in [0.5, 0.6) is 0 Å². The summed E-state index contributed by atoms with van der Waals surface area (Å²) in [7, 11) is 1.58. The quantitative estimate of drug-likeness (QED) is 0.363. The predicted molar refractivity (Wildman–Crippen MR) is 104 cm³/mol. The van der Waals surface area contributed by atoms with E-state index in [1.807, 2.05) is 30.3 Å². The van der Waals surface area contributed by atoms with Crippen LogP contribution in [0.4, 0.5) is 24.0 Å². The van der Waals surface area contributed by atoms with Gasteiger partial charge in [0.05, 0.1) is 22.4 Å². The highest BCUT2D eigenvalue weighted by Crippen LogP contribution is 2.38. The lowest BCUT2D eigenvalue weighted by atomic mass is 10.1. The number of hydrogen-bond acceptors (Lipinski definition) is 6. The van der Waals surface area contributed by atoms with E-state index >= 15 is 0 Å². The topological polar surface area (TPSA) is 76.3 Å². The van der Waals surface area contributed by atoms with Crippen LogP contribution in [-0.4, -0.2) is 23.5 Å². The molecule has 0 N–H and O–H groups in total. The number of aromatic nitrogens is 1. The lowest BCUT2D eigenvalue weighted by Gasteiger charge is -2.14. The smallest absolute Gasteiger partial charge is 0.340 e. The third-order valence-electron chi connectivity index (χ3n) is 3.86. The van der Waals surface area contributed by atoms with Crippen LogP contribution in [0.3, 0.4) is 0 Å². The van der Waals surface area contributed by atoms with E-state index < -0.39 is 33.3 Å². The van der Waals surface area contributed by atoms with E-state index in [4.69, 9.17) is 0 Å². The highest BCUT2D eigenvalue weighted by molar-refractivity contribution is 7.22. The Morgan fingerprint density at radius 1 is 1.24 bits per heavy atom. The summed E-state index contributed by atoms with van der Waals surface area (Å²) in [5.74, 6) is 5.82. The van der Waals surface area contributed by atoms with Crippen molar-refractivity contribution in [2.75, 3.05) is 18.5 Å². The molecule has 0 aliphatic rings. The molecule has 148 valence electrons. The maximum Gasteiger partial charge on any atom is 0.416 e. The van der Waals surface area contributed by atoms with Crippen molar-refractivity contribution in [2.24, 2.45) is 0 Å². The first-order valence-electron chi connectivity index (χ1n) is 8.12. The zero-order valence-electron chi connectivity index (χ0n) is 14.9. The zero-order valence-corrected chi connectivity index (χ0v) is 15.7. The standard InChI is InChI=1S/C19H12F3N3O3S/c1-24(9-5-8-12-6-3-2-4-7-12)18-23-17(26)14-10-13(19(20,21)22)11-15(25(27)28)16(14)29-18/h2-4,6-7,10-11H,9H2,1H3. The zero-order chi connectivity index (χ0) is 21.2. The Bertz CT molecular complexity index is 1200. The molecule has 0 unspecified atom stereocenters. The molecule has 6 nitrogen and oxygen atoms in total. The van der Waals surface area contributed by atoms with Crippen molar-refractivity contribution in [3.05, 3.63) is 74.1 Å². The number of non-ortho nitro benzene ring substituents is 1. The molecule has 0 aliphatic heterocycles. The summed E-state index contributed by atoms with van der Waals surface area (Å²) in [5.41, 5.74) is -2.23. The minimum Gasteiger partial charge on any atom is -0.340 e. The molecule has 3 aromatic rings. The summed E-state index contributed by atoms with van der Waals surface area (Å²) in [6.45, 7) is 0.164. The molecule has 29 heavy (non-hydrogen) atoms. The van der Waals surface area contributed by atoms with Gasteiger partial charge in [-0.25, -0.2) is 0 Å². The third kappa shape index (κ3) is 4.52. The molecule has 0 saturated heterocycles. The first kappa shape index (κ1) is 20.3. The molecule has 0 amide bonds. The number of rotatable bonds is 3. The van der Waals surface area contributed by atoms with Crippen LogP contribution in [-0.2, 0) is 6.18 Å². The average Bonchev–Trinajstić information content (AvgIpc) is 2.67. The number of anilines is 1. The number of nitro benzene ring substituents is 1. The van der Waals surface area contributed by atoms with Crippen LogP contribution in [0.15, 0.2) is 47.3 Å². The Morgan fingerprint density at radius 2 is 1.93 bits per heavy atom. The number of fused-ring (bicyclic) bond motifs is 1. The number of nitro groups is 1. The summed E-state index contributed by atoms with van der Waals surface area (Å²) in [6.07, 6.45) is -4.82. The van der Waals surface area contributed by atoms with Crippen molar-refractivity contribution in [3.8, 4) is 11.8 Å². The molecule has 3 rings (SSSR count). The number of alkyl halides is 3. The maximum absolute atomic E-state index is 13.0. The van der Waals surface area contributed by atoms with E-state index in [-0.39, 0.29) is 16.4 Å². The van der Waals surface area contributed by atoms with E-state index in [9.17, 15) is 28.1 Å². The van der Waals surface area contributed by atoms with Gasteiger partial charge in [0.25, 0.3) is 11.2 Å². The van der Waals surface area contributed by atoms with Crippen LogP contribution >= 0.6 is 11.3 Å². The second-order valence-electron chi connectivity index (χ2n) is 5.95. The molecular formula is C19H12F3N3O3S.